The molecule has 1 atom stereocenters. The molecule has 0 aliphatic carbocycles. The molecule has 0 saturated heterocycles. The summed E-state index contributed by atoms with van der Waals surface area (Å²) < 4.78 is 0. The molecule has 0 spiro atoms. The van der Waals surface area contributed by atoms with Gasteiger partial charge in [-0.05, 0) is 40.7 Å². The van der Waals surface area contributed by atoms with Gasteiger partial charge in [-0.3, -0.25) is 0 Å². The molecule has 31 heavy (non-hydrogen) atoms. The average Bonchev–Trinajstić information content (AvgIpc) is 2.81. The number of hydrogen-bond acceptors (Lipinski definition) is 0. The molecule has 0 saturated carbocycles. The van der Waals surface area contributed by atoms with Gasteiger partial charge in [0.2, 0.25) is 0 Å². The fourth-order valence-corrected chi connectivity index (χ4v) is 4.32. The fraction of sp³-hybridized carbons (Fsp3) is 0.400. The van der Waals surface area contributed by atoms with Crippen molar-refractivity contribution >= 4 is 9.90 Å². The van der Waals surface area contributed by atoms with Crippen LogP contribution in [0.4, 0.5) is 0 Å². The van der Waals surface area contributed by atoms with E-state index in [9.17, 15) is 0 Å². The lowest BCUT2D eigenvalue weighted by atomic mass is 9.93. The third-order valence-electron chi connectivity index (χ3n) is 6.07. The van der Waals surface area contributed by atoms with Crippen molar-refractivity contribution < 1.29 is 0 Å². The van der Waals surface area contributed by atoms with E-state index in [0.29, 0.717) is 0 Å². The minimum atomic E-state index is 0. The maximum Gasteiger partial charge on any atom is -0.0105 e. The molecule has 0 amide bonds. The van der Waals surface area contributed by atoms with Crippen LogP contribution >= 0.6 is 9.90 Å². The number of unbranched alkanes of at least 4 members (excludes halogenated alkanes) is 9. The van der Waals surface area contributed by atoms with Crippen molar-refractivity contribution in [3.05, 3.63) is 84.4 Å². The second-order valence-corrected chi connectivity index (χ2v) is 8.54. The molecule has 3 aromatic carbocycles. The van der Waals surface area contributed by atoms with Gasteiger partial charge in [0.25, 0.3) is 0 Å². The van der Waals surface area contributed by atoms with Crippen LogP contribution in [-0.2, 0) is 6.42 Å². The zero-order valence-electron chi connectivity index (χ0n) is 19.5. The summed E-state index contributed by atoms with van der Waals surface area (Å²) in [5.74, 6) is 0. The second-order valence-electron chi connectivity index (χ2n) is 8.54. The monoisotopic (exact) mass is 432 g/mol. The van der Waals surface area contributed by atoms with E-state index in [1.807, 2.05) is 0 Å². The Labute approximate surface area is 194 Å². The Balaban J connectivity index is 0.00000341. The molecule has 166 valence electrons. The minimum absolute atomic E-state index is 0. The van der Waals surface area contributed by atoms with Crippen LogP contribution in [0.1, 0.15) is 76.7 Å². The molecule has 0 aliphatic heterocycles. The number of hydrogen-bond donors (Lipinski definition) is 0. The van der Waals surface area contributed by atoms with Crippen LogP contribution in [0.5, 0.6) is 0 Å². The van der Waals surface area contributed by atoms with E-state index in [4.69, 9.17) is 0 Å². The van der Waals surface area contributed by atoms with Gasteiger partial charge in [0, 0.05) is 0 Å². The van der Waals surface area contributed by atoms with Crippen LogP contribution in [0.15, 0.2) is 78.9 Å². The highest BCUT2D eigenvalue weighted by Crippen LogP contribution is 2.32. The predicted molar refractivity (Wildman–Crippen MR) is 144 cm³/mol. The topological polar surface area (TPSA) is 0 Å². The van der Waals surface area contributed by atoms with Crippen molar-refractivity contribution in [1.82, 2.24) is 0 Å². The molecule has 0 bridgehead atoms. The lowest BCUT2D eigenvalue weighted by Gasteiger charge is -2.11. The van der Waals surface area contributed by atoms with Crippen LogP contribution in [0.3, 0.4) is 0 Å². The van der Waals surface area contributed by atoms with Gasteiger partial charge >= 0.3 is 0 Å². The Morgan fingerprint density at radius 3 is 1.65 bits per heavy atom. The normalized spacial score (nSPS) is 10.6. The quantitative estimate of drug-likeness (QED) is 0.186. The molecule has 1 unspecified atom stereocenters. The lowest BCUT2D eigenvalue weighted by molar-refractivity contribution is 0.556. The Kier molecular flexibility index (Phi) is 12.3. The van der Waals surface area contributed by atoms with E-state index < -0.39 is 0 Å². The smallest absolute Gasteiger partial charge is 0.0105 e. The highest BCUT2D eigenvalue weighted by Gasteiger charge is 2.07. The summed E-state index contributed by atoms with van der Waals surface area (Å²) >= 11 is 0. The number of rotatable bonds is 13. The van der Waals surface area contributed by atoms with E-state index in [2.05, 4.69) is 85.8 Å². The molecule has 0 heterocycles. The first-order valence-electron chi connectivity index (χ1n) is 12.1. The first kappa shape index (κ1) is 25.4. The van der Waals surface area contributed by atoms with E-state index >= 15 is 0 Å². The van der Waals surface area contributed by atoms with E-state index in [1.165, 1.54) is 98.4 Å². The molecular weight excluding hydrogens is 391 g/mol. The predicted octanol–water partition coefficient (Wildman–Crippen LogP) is 9.54. The molecule has 3 rings (SSSR count). The Bertz CT molecular complexity index is 853. The summed E-state index contributed by atoms with van der Waals surface area (Å²) in [5.41, 5.74) is 6.73. The lowest BCUT2D eigenvalue weighted by Crippen LogP contribution is -1.89. The van der Waals surface area contributed by atoms with Gasteiger partial charge in [-0.15, -0.1) is 0 Å². The Morgan fingerprint density at radius 1 is 0.484 bits per heavy atom. The van der Waals surface area contributed by atoms with Crippen LogP contribution in [0.2, 0.25) is 0 Å². The van der Waals surface area contributed by atoms with Crippen molar-refractivity contribution in [2.24, 2.45) is 0 Å². The fourth-order valence-electron chi connectivity index (χ4n) is 4.32. The van der Waals surface area contributed by atoms with Crippen molar-refractivity contribution in [3.63, 3.8) is 0 Å². The number of benzene rings is 3. The summed E-state index contributed by atoms with van der Waals surface area (Å²) in [6.07, 6.45) is 15.1. The van der Waals surface area contributed by atoms with Gasteiger partial charge in [0.05, 0.1) is 0 Å². The van der Waals surface area contributed by atoms with Crippen molar-refractivity contribution in [2.45, 2.75) is 77.6 Å². The standard InChI is InChI=1S/C30H38.H3P/c1-2-3-4-5-6-7-8-9-10-12-18-26-19-17-22-28(25-26)30-24-16-15-23-29(30)27-20-13-11-14-21-27;/h11,13-17,19-25H,2-10,12,18H2,1H3;1H3. The summed E-state index contributed by atoms with van der Waals surface area (Å²) in [6.45, 7) is 2.29. The van der Waals surface area contributed by atoms with Gasteiger partial charge in [0.15, 0.2) is 0 Å². The van der Waals surface area contributed by atoms with E-state index in [1.54, 1.807) is 0 Å². The van der Waals surface area contributed by atoms with Crippen LogP contribution in [0, 0.1) is 0 Å². The number of aryl methyl sites for hydroxylation is 1. The highest BCUT2D eigenvalue weighted by molar-refractivity contribution is 6.92. The van der Waals surface area contributed by atoms with Gasteiger partial charge in [-0.1, -0.05) is 144 Å². The first-order valence-corrected chi connectivity index (χ1v) is 12.1. The summed E-state index contributed by atoms with van der Waals surface area (Å²) in [6, 6.07) is 28.7. The van der Waals surface area contributed by atoms with Gasteiger partial charge in [-0.2, -0.15) is 9.90 Å². The molecule has 0 aromatic heterocycles. The minimum Gasteiger partial charge on any atom is -0.153 e. The van der Waals surface area contributed by atoms with E-state index in [0.717, 1.165) is 0 Å². The zero-order chi connectivity index (χ0) is 20.9. The molecule has 3 aromatic rings. The summed E-state index contributed by atoms with van der Waals surface area (Å²) in [5, 5.41) is 0. The van der Waals surface area contributed by atoms with Crippen molar-refractivity contribution in [3.8, 4) is 22.3 Å². The molecule has 1 heteroatoms. The summed E-state index contributed by atoms with van der Waals surface area (Å²) in [4.78, 5) is 0. The van der Waals surface area contributed by atoms with E-state index in [-0.39, 0.29) is 9.90 Å². The van der Waals surface area contributed by atoms with Gasteiger partial charge < -0.3 is 0 Å². The Hall–Kier alpha value is -1.91. The molecule has 0 aliphatic rings. The Morgan fingerprint density at radius 2 is 1.00 bits per heavy atom. The second kappa shape index (κ2) is 15.0. The SMILES string of the molecule is CCCCCCCCCCCCc1cccc(-c2ccccc2-c2ccccc2)c1.P. The first-order chi connectivity index (χ1) is 14.9. The summed E-state index contributed by atoms with van der Waals surface area (Å²) in [7, 11) is 0. The average molecular weight is 433 g/mol. The molecule has 0 N–H and O–H groups in total. The van der Waals surface area contributed by atoms with Crippen LogP contribution in [0.25, 0.3) is 22.3 Å². The molecule has 0 radical (unpaired) electrons. The third-order valence-corrected chi connectivity index (χ3v) is 6.07. The molecule has 0 nitrogen and oxygen atoms in total. The van der Waals surface area contributed by atoms with Crippen LogP contribution in [-0.4, -0.2) is 0 Å². The van der Waals surface area contributed by atoms with Crippen molar-refractivity contribution in [2.75, 3.05) is 0 Å². The van der Waals surface area contributed by atoms with Gasteiger partial charge in [-0.25, -0.2) is 0 Å². The third kappa shape index (κ3) is 8.62. The highest BCUT2D eigenvalue weighted by atomic mass is 31.0. The molecule has 0 fully saturated rings. The maximum absolute atomic E-state index is 2.40. The largest absolute Gasteiger partial charge is 0.153 e. The van der Waals surface area contributed by atoms with Crippen molar-refractivity contribution in [1.29, 1.82) is 0 Å². The maximum atomic E-state index is 2.40. The molecular formula is C30H41P. The van der Waals surface area contributed by atoms with Crippen LogP contribution < -0.4 is 0 Å². The zero-order valence-corrected chi connectivity index (χ0v) is 20.9. The van der Waals surface area contributed by atoms with Gasteiger partial charge in [0.1, 0.15) is 0 Å².